The van der Waals surface area contributed by atoms with Gasteiger partial charge in [0.1, 0.15) is 5.82 Å². The van der Waals surface area contributed by atoms with E-state index < -0.39 is 11.8 Å². The van der Waals surface area contributed by atoms with Crippen LogP contribution in [-0.2, 0) is 11.2 Å². The molecule has 0 fully saturated rings. The minimum absolute atomic E-state index is 0.197. The van der Waals surface area contributed by atoms with Crippen LogP contribution in [0.4, 0.5) is 4.39 Å². The Labute approximate surface area is 108 Å². The number of thiazole rings is 1. The summed E-state index contributed by atoms with van der Waals surface area (Å²) in [6.45, 7) is 2.01. The predicted molar refractivity (Wildman–Crippen MR) is 68.2 cm³/mol. The van der Waals surface area contributed by atoms with Gasteiger partial charge in [-0.25, -0.2) is 14.2 Å². The molecule has 0 aliphatic rings. The zero-order chi connectivity index (χ0) is 13.1. The fourth-order valence-corrected chi connectivity index (χ4v) is 2.45. The maximum atomic E-state index is 13.5. The summed E-state index contributed by atoms with van der Waals surface area (Å²) in [5.74, 6) is -1.02. The number of rotatable bonds is 3. The first kappa shape index (κ1) is 12.7. The molecule has 18 heavy (non-hydrogen) atoms. The predicted octanol–water partition coefficient (Wildman–Crippen LogP) is 3.30. The van der Waals surface area contributed by atoms with Crippen molar-refractivity contribution in [3.8, 4) is 11.3 Å². The van der Waals surface area contributed by atoms with Gasteiger partial charge in [-0.2, -0.15) is 0 Å². The van der Waals surface area contributed by atoms with E-state index in [9.17, 15) is 9.18 Å². The highest BCUT2D eigenvalue weighted by molar-refractivity contribution is 7.10. The van der Waals surface area contributed by atoms with Crippen LogP contribution in [-0.4, -0.2) is 18.1 Å². The summed E-state index contributed by atoms with van der Waals surface area (Å²) in [6.07, 6.45) is 0.823. The number of carbonyl (C=O) groups is 1. The average molecular weight is 265 g/mol. The van der Waals surface area contributed by atoms with Crippen molar-refractivity contribution in [2.24, 2.45) is 0 Å². The van der Waals surface area contributed by atoms with Gasteiger partial charge in [0.15, 0.2) is 0 Å². The average Bonchev–Trinajstić information content (AvgIpc) is 2.85. The van der Waals surface area contributed by atoms with Crippen molar-refractivity contribution >= 4 is 17.3 Å². The van der Waals surface area contributed by atoms with E-state index in [0.717, 1.165) is 23.1 Å². The molecule has 1 heterocycles. The van der Waals surface area contributed by atoms with Crippen molar-refractivity contribution in [2.75, 3.05) is 7.11 Å². The zero-order valence-corrected chi connectivity index (χ0v) is 10.9. The molecule has 5 heteroatoms. The van der Waals surface area contributed by atoms with Gasteiger partial charge in [0.2, 0.25) is 0 Å². The molecule has 1 aromatic heterocycles. The van der Waals surface area contributed by atoms with Gasteiger partial charge in [-0.05, 0) is 24.6 Å². The second-order valence-corrected chi connectivity index (χ2v) is 4.64. The van der Waals surface area contributed by atoms with Gasteiger partial charge >= 0.3 is 5.97 Å². The lowest BCUT2D eigenvalue weighted by atomic mass is 10.1. The van der Waals surface area contributed by atoms with Crippen molar-refractivity contribution in [3.63, 3.8) is 0 Å². The largest absolute Gasteiger partial charge is 0.465 e. The molecule has 2 rings (SSSR count). The van der Waals surface area contributed by atoms with Crippen molar-refractivity contribution in [3.05, 3.63) is 40.0 Å². The number of halogens is 1. The lowest BCUT2D eigenvalue weighted by Gasteiger charge is -2.04. The first-order chi connectivity index (χ1) is 8.65. The molecule has 0 N–H and O–H groups in total. The van der Waals surface area contributed by atoms with Crippen molar-refractivity contribution in [1.29, 1.82) is 0 Å². The number of ether oxygens (including phenoxy) is 1. The highest BCUT2D eigenvalue weighted by Gasteiger charge is 2.13. The quantitative estimate of drug-likeness (QED) is 0.799. The number of methoxy groups -OCH3 is 1. The second-order valence-electron chi connectivity index (χ2n) is 3.70. The summed E-state index contributed by atoms with van der Waals surface area (Å²) in [7, 11) is 1.27. The van der Waals surface area contributed by atoms with E-state index in [1.807, 2.05) is 6.92 Å². The van der Waals surface area contributed by atoms with Gasteiger partial charge in [0, 0.05) is 10.4 Å². The van der Waals surface area contributed by atoms with Crippen LogP contribution in [0.5, 0.6) is 0 Å². The van der Waals surface area contributed by atoms with Crippen LogP contribution in [0.3, 0.4) is 0 Å². The Morgan fingerprint density at radius 2 is 2.22 bits per heavy atom. The Morgan fingerprint density at radius 3 is 2.89 bits per heavy atom. The SMILES string of the molecule is CCc1scnc1-c1cc(F)cc(C(=O)OC)c1. The third kappa shape index (κ3) is 2.41. The fraction of sp³-hybridized carbons (Fsp3) is 0.231. The standard InChI is InChI=1S/C13H12FNO2S/c1-3-11-12(15-7-18-11)8-4-9(13(16)17-2)6-10(14)5-8/h4-7H,3H2,1-2H3. The normalized spacial score (nSPS) is 10.4. The molecule has 0 aliphatic heterocycles. The number of hydrogen-bond acceptors (Lipinski definition) is 4. The van der Waals surface area contributed by atoms with E-state index in [0.29, 0.717) is 5.56 Å². The van der Waals surface area contributed by atoms with Crippen molar-refractivity contribution in [2.45, 2.75) is 13.3 Å². The Balaban J connectivity index is 2.51. The van der Waals surface area contributed by atoms with Gasteiger partial charge in [-0.1, -0.05) is 6.92 Å². The van der Waals surface area contributed by atoms with Crippen molar-refractivity contribution in [1.82, 2.24) is 4.98 Å². The Morgan fingerprint density at radius 1 is 1.44 bits per heavy atom. The maximum absolute atomic E-state index is 13.5. The molecule has 0 amide bonds. The molecule has 0 aliphatic carbocycles. The van der Waals surface area contributed by atoms with E-state index in [1.165, 1.54) is 24.5 Å². The summed E-state index contributed by atoms with van der Waals surface area (Å²) in [5.41, 5.74) is 3.25. The van der Waals surface area contributed by atoms with Crippen LogP contribution in [0.25, 0.3) is 11.3 Å². The molecule has 1 aromatic carbocycles. The van der Waals surface area contributed by atoms with Gasteiger partial charge in [0.05, 0.1) is 23.9 Å². The van der Waals surface area contributed by atoms with Crippen LogP contribution >= 0.6 is 11.3 Å². The molecule has 94 valence electrons. The van der Waals surface area contributed by atoms with Crippen LogP contribution in [0, 0.1) is 5.82 Å². The zero-order valence-electron chi connectivity index (χ0n) is 10.1. The molecule has 0 saturated carbocycles. The fourth-order valence-electron chi connectivity index (χ4n) is 1.72. The van der Waals surface area contributed by atoms with Gasteiger partial charge in [-0.15, -0.1) is 11.3 Å². The topological polar surface area (TPSA) is 39.2 Å². The number of hydrogen-bond donors (Lipinski definition) is 0. The lowest BCUT2D eigenvalue weighted by Crippen LogP contribution is -2.02. The van der Waals surface area contributed by atoms with Crippen LogP contribution in [0.15, 0.2) is 23.7 Å². The Bertz CT molecular complexity index is 580. The number of esters is 1. The molecule has 0 unspecified atom stereocenters. The van der Waals surface area contributed by atoms with Gasteiger partial charge < -0.3 is 4.74 Å². The number of aromatic nitrogens is 1. The molecule has 3 nitrogen and oxygen atoms in total. The molecule has 0 saturated heterocycles. The molecule has 0 spiro atoms. The summed E-state index contributed by atoms with van der Waals surface area (Å²) < 4.78 is 18.1. The summed E-state index contributed by atoms with van der Waals surface area (Å²) >= 11 is 1.52. The van der Waals surface area contributed by atoms with E-state index in [-0.39, 0.29) is 5.56 Å². The minimum atomic E-state index is -0.552. The van der Waals surface area contributed by atoms with E-state index in [4.69, 9.17) is 0 Å². The Hall–Kier alpha value is -1.75. The van der Waals surface area contributed by atoms with Crippen LogP contribution in [0.1, 0.15) is 22.2 Å². The molecule has 2 aromatic rings. The first-order valence-electron chi connectivity index (χ1n) is 5.47. The van der Waals surface area contributed by atoms with E-state index in [1.54, 1.807) is 11.6 Å². The van der Waals surface area contributed by atoms with Crippen LogP contribution < -0.4 is 0 Å². The highest BCUT2D eigenvalue weighted by atomic mass is 32.1. The third-order valence-corrected chi connectivity index (χ3v) is 3.53. The van der Waals surface area contributed by atoms with E-state index in [2.05, 4.69) is 9.72 Å². The smallest absolute Gasteiger partial charge is 0.337 e. The first-order valence-corrected chi connectivity index (χ1v) is 6.35. The second kappa shape index (κ2) is 5.27. The number of carbonyl (C=O) groups excluding carboxylic acids is 1. The third-order valence-electron chi connectivity index (χ3n) is 2.55. The Kier molecular flexibility index (Phi) is 3.72. The monoisotopic (exact) mass is 265 g/mol. The van der Waals surface area contributed by atoms with Gasteiger partial charge in [0.25, 0.3) is 0 Å². The molecular weight excluding hydrogens is 253 g/mol. The number of aryl methyl sites for hydroxylation is 1. The lowest BCUT2D eigenvalue weighted by molar-refractivity contribution is 0.0600. The molecule has 0 atom stereocenters. The van der Waals surface area contributed by atoms with E-state index >= 15 is 0 Å². The highest BCUT2D eigenvalue weighted by Crippen LogP contribution is 2.27. The maximum Gasteiger partial charge on any atom is 0.337 e. The number of nitrogens with zero attached hydrogens (tertiary/aromatic N) is 1. The van der Waals surface area contributed by atoms with Gasteiger partial charge in [-0.3, -0.25) is 0 Å². The number of benzene rings is 1. The summed E-state index contributed by atoms with van der Waals surface area (Å²) in [4.78, 5) is 16.7. The summed E-state index contributed by atoms with van der Waals surface area (Å²) in [5, 5.41) is 0. The van der Waals surface area contributed by atoms with Crippen molar-refractivity contribution < 1.29 is 13.9 Å². The van der Waals surface area contributed by atoms with Crippen LogP contribution in [0.2, 0.25) is 0 Å². The molecule has 0 bridgehead atoms. The molecule has 0 radical (unpaired) electrons. The minimum Gasteiger partial charge on any atom is -0.465 e. The molecular formula is C13H12FNO2S. The summed E-state index contributed by atoms with van der Waals surface area (Å²) in [6, 6.07) is 4.14.